The number of hydrogen-bond donors (Lipinski definition) is 1. The van der Waals surface area contributed by atoms with Crippen LogP contribution >= 0.6 is 0 Å². The number of sulfone groups is 1. The number of carbonyl (C=O) groups excluding carboxylic acids is 1. The van der Waals surface area contributed by atoms with Crippen molar-refractivity contribution in [1.29, 1.82) is 0 Å². The second kappa shape index (κ2) is 6.11. The smallest absolute Gasteiger partial charge is 0.175 e. The first-order valence-corrected chi connectivity index (χ1v) is 7.78. The highest BCUT2D eigenvalue weighted by molar-refractivity contribution is 7.90. The Morgan fingerprint density at radius 3 is 2.22 bits per heavy atom. The molecule has 0 aliphatic carbocycles. The Kier molecular flexibility index (Phi) is 5.04. The zero-order chi connectivity index (χ0) is 13.8. The second-order valence-electron chi connectivity index (χ2n) is 4.32. The van der Waals surface area contributed by atoms with Crippen molar-refractivity contribution in [3.63, 3.8) is 0 Å². The summed E-state index contributed by atoms with van der Waals surface area (Å²) in [6, 6.07) is 6.12. The molecule has 18 heavy (non-hydrogen) atoms. The van der Waals surface area contributed by atoms with Gasteiger partial charge in [0.15, 0.2) is 15.6 Å². The van der Waals surface area contributed by atoms with Gasteiger partial charge in [-0.15, -0.1) is 0 Å². The van der Waals surface area contributed by atoms with E-state index in [1.807, 2.05) is 14.0 Å². The Balaban J connectivity index is 2.95. The molecule has 0 amide bonds. The van der Waals surface area contributed by atoms with Crippen molar-refractivity contribution in [2.45, 2.75) is 18.2 Å². The number of rotatable bonds is 6. The van der Waals surface area contributed by atoms with E-state index in [9.17, 15) is 13.2 Å². The maximum absolute atomic E-state index is 12.1. The van der Waals surface area contributed by atoms with Gasteiger partial charge in [-0.1, -0.05) is 19.1 Å². The summed E-state index contributed by atoms with van der Waals surface area (Å²) in [6.45, 7) is 2.59. The minimum absolute atomic E-state index is 0.0481. The molecule has 0 heterocycles. The van der Waals surface area contributed by atoms with Gasteiger partial charge in [0.2, 0.25) is 0 Å². The number of benzene rings is 1. The molecular formula is C13H19NO3S. The second-order valence-corrected chi connectivity index (χ2v) is 6.34. The average molecular weight is 269 g/mol. The first kappa shape index (κ1) is 14.9. The lowest BCUT2D eigenvalue weighted by atomic mass is 9.95. The molecular weight excluding hydrogens is 250 g/mol. The molecule has 4 nitrogen and oxygen atoms in total. The topological polar surface area (TPSA) is 63.2 Å². The van der Waals surface area contributed by atoms with Crippen LogP contribution in [-0.4, -0.2) is 34.0 Å². The molecule has 0 radical (unpaired) electrons. The van der Waals surface area contributed by atoms with E-state index in [2.05, 4.69) is 5.32 Å². The number of Topliss-reactive ketones (excluding diaryl/α,β-unsaturated/α-hetero) is 1. The molecule has 1 atom stereocenters. The zero-order valence-electron chi connectivity index (χ0n) is 10.9. The molecule has 0 saturated carbocycles. The van der Waals surface area contributed by atoms with Crippen molar-refractivity contribution < 1.29 is 13.2 Å². The monoisotopic (exact) mass is 269 g/mol. The van der Waals surface area contributed by atoms with Crippen molar-refractivity contribution in [1.82, 2.24) is 5.32 Å². The van der Waals surface area contributed by atoms with E-state index < -0.39 is 9.84 Å². The summed E-state index contributed by atoms with van der Waals surface area (Å²) in [5, 5.41) is 2.99. The Morgan fingerprint density at radius 2 is 1.83 bits per heavy atom. The van der Waals surface area contributed by atoms with Gasteiger partial charge in [0, 0.05) is 24.3 Å². The molecule has 1 unspecified atom stereocenters. The molecule has 100 valence electrons. The maximum Gasteiger partial charge on any atom is 0.175 e. The van der Waals surface area contributed by atoms with Crippen LogP contribution in [0.25, 0.3) is 0 Å². The third-order valence-electron chi connectivity index (χ3n) is 2.88. The minimum atomic E-state index is -3.20. The molecule has 1 aromatic carbocycles. The first-order chi connectivity index (χ1) is 8.40. The van der Waals surface area contributed by atoms with E-state index in [1.54, 1.807) is 12.1 Å². The largest absolute Gasteiger partial charge is 0.319 e. The Morgan fingerprint density at radius 1 is 1.28 bits per heavy atom. The molecule has 1 rings (SSSR count). The first-order valence-electron chi connectivity index (χ1n) is 5.89. The van der Waals surface area contributed by atoms with E-state index in [0.29, 0.717) is 12.1 Å². The van der Waals surface area contributed by atoms with Gasteiger partial charge in [0.25, 0.3) is 0 Å². The van der Waals surface area contributed by atoms with Crippen LogP contribution < -0.4 is 5.32 Å². The summed E-state index contributed by atoms with van der Waals surface area (Å²) in [4.78, 5) is 12.4. The van der Waals surface area contributed by atoms with Gasteiger partial charge >= 0.3 is 0 Å². The highest BCUT2D eigenvalue weighted by Gasteiger charge is 2.18. The number of carbonyl (C=O) groups is 1. The molecule has 1 aromatic rings. The Hall–Kier alpha value is -1.20. The van der Waals surface area contributed by atoms with Gasteiger partial charge in [-0.25, -0.2) is 8.42 Å². The quantitative estimate of drug-likeness (QED) is 0.795. The van der Waals surface area contributed by atoms with Crippen molar-refractivity contribution >= 4 is 15.6 Å². The van der Waals surface area contributed by atoms with Crippen LogP contribution in [0.4, 0.5) is 0 Å². The third kappa shape index (κ3) is 3.65. The molecule has 0 aromatic heterocycles. The summed E-state index contributed by atoms with van der Waals surface area (Å²) in [5.74, 6) is -0.0222. The minimum Gasteiger partial charge on any atom is -0.319 e. The maximum atomic E-state index is 12.1. The molecule has 0 saturated heterocycles. The fourth-order valence-electron chi connectivity index (χ4n) is 1.77. The van der Waals surface area contributed by atoms with Crippen molar-refractivity contribution in [3.8, 4) is 0 Å². The molecule has 0 spiro atoms. The predicted octanol–water partition coefficient (Wildman–Crippen LogP) is 1.52. The molecule has 0 bridgehead atoms. The number of hydrogen-bond acceptors (Lipinski definition) is 4. The standard InChI is InChI=1S/C13H19NO3S/c1-4-10(9-14-2)13(15)11-5-7-12(8-6-11)18(3,16)17/h5-8,10,14H,4,9H2,1-3H3. The van der Waals surface area contributed by atoms with E-state index in [0.717, 1.165) is 12.7 Å². The SMILES string of the molecule is CCC(CNC)C(=O)c1ccc(S(C)(=O)=O)cc1. The normalized spacial score (nSPS) is 13.3. The van der Waals surface area contributed by atoms with Gasteiger partial charge in [-0.2, -0.15) is 0 Å². The predicted molar refractivity (Wildman–Crippen MR) is 71.6 cm³/mol. The van der Waals surface area contributed by atoms with Crippen LogP contribution in [0.5, 0.6) is 0 Å². The molecule has 0 fully saturated rings. The Labute approximate surface area is 108 Å². The van der Waals surface area contributed by atoms with Gasteiger partial charge in [0.05, 0.1) is 4.90 Å². The molecule has 5 heteroatoms. The highest BCUT2D eigenvalue weighted by Crippen LogP contribution is 2.15. The van der Waals surface area contributed by atoms with Crippen LogP contribution in [0.2, 0.25) is 0 Å². The van der Waals surface area contributed by atoms with Crippen LogP contribution in [0.15, 0.2) is 29.2 Å². The molecule has 0 aliphatic rings. The highest BCUT2D eigenvalue weighted by atomic mass is 32.2. The van der Waals surface area contributed by atoms with E-state index >= 15 is 0 Å². The molecule has 1 N–H and O–H groups in total. The van der Waals surface area contributed by atoms with Crippen LogP contribution in [0.1, 0.15) is 23.7 Å². The van der Waals surface area contributed by atoms with Gasteiger partial charge in [0.1, 0.15) is 0 Å². The number of nitrogens with one attached hydrogen (secondary N) is 1. The van der Waals surface area contributed by atoms with Crippen molar-refractivity contribution in [2.24, 2.45) is 5.92 Å². The van der Waals surface area contributed by atoms with Gasteiger partial charge in [-0.05, 0) is 25.6 Å². The van der Waals surface area contributed by atoms with Gasteiger partial charge in [-0.3, -0.25) is 4.79 Å². The third-order valence-corrected chi connectivity index (χ3v) is 4.01. The summed E-state index contributed by atoms with van der Waals surface area (Å²) in [7, 11) is -1.40. The summed E-state index contributed by atoms with van der Waals surface area (Å²) < 4.78 is 22.6. The lowest BCUT2D eigenvalue weighted by molar-refractivity contribution is 0.0916. The number of ketones is 1. The lowest BCUT2D eigenvalue weighted by Gasteiger charge is -2.13. The van der Waals surface area contributed by atoms with Crippen molar-refractivity contribution in [3.05, 3.63) is 29.8 Å². The zero-order valence-corrected chi connectivity index (χ0v) is 11.8. The van der Waals surface area contributed by atoms with Crippen LogP contribution in [0.3, 0.4) is 0 Å². The summed E-state index contributed by atoms with van der Waals surface area (Å²) >= 11 is 0. The van der Waals surface area contributed by atoms with E-state index in [4.69, 9.17) is 0 Å². The fourth-order valence-corrected chi connectivity index (χ4v) is 2.40. The van der Waals surface area contributed by atoms with E-state index in [1.165, 1.54) is 12.1 Å². The van der Waals surface area contributed by atoms with Crippen LogP contribution in [0, 0.1) is 5.92 Å². The average Bonchev–Trinajstić information content (AvgIpc) is 2.34. The van der Waals surface area contributed by atoms with E-state index in [-0.39, 0.29) is 16.6 Å². The van der Waals surface area contributed by atoms with Crippen molar-refractivity contribution in [2.75, 3.05) is 19.8 Å². The lowest BCUT2D eigenvalue weighted by Crippen LogP contribution is -2.25. The van der Waals surface area contributed by atoms with Crippen LogP contribution in [-0.2, 0) is 9.84 Å². The Bertz CT molecular complexity index is 506. The fraction of sp³-hybridized carbons (Fsp3) is 0.462. The molecule has 0 aliphatic heterocycles. The van der Waals surface area contributed by atoms with Gasteiger partial charge < -0.3 is 5.32 Å². The summed E-state index contributed by atoms with van der Waals surface area (Å²) in [5.41, 5.74) is 0.560. The summed E-state index contributed by atoms with van der Waals surface area (Å²) in [6.07, 6.45) is 1.91.